The average Bonchev–Trinajstić information content (AvgIpc) is 2.68. The summed E-state index contributed by atoms with van der Waals surface area (Å²) in [6.07, 6.45) is 5.39. The zero-order chi connectivity index (χ0) is 13.2. The third kappa shape index (κ3) is 2.77. The summed E-state index contributed by atoms with van der Waals surface area (Å²) in [5.41, 5.74) is 8.43. The van der Waals surface area contributed by atoms with Crippen molar-refractivity contribution in [3.8, 4) is 5.75 Å². The van der Waals surface area contributed by atoms with Gasteiger partial charge in [0.15, 0.2) is 0 Å². The molecule has 104 valence electrons. The van der Waals surface area contributed by atoms with Crippen molar-refractivity contribution in [1.29, 1.82) is 0 Å². The van der Waals surface area contributed by atoms with E-state index in [4.69, 9.17) is 10.5 Å². The maximum atomic E-state index is 6.08. The molecule has 1 fully saturated rings. The molecule has 0 radical (unpaired) electrons. The maximum Gasteiger partial charge on any atom is 0.123 e. The Balaban J connectivity index is 1.62. The molecule has 1 aromatic rings. The molecule has 1 aliphatic carbocycles. The Labute approximate surface area is 115 Å². The van der Waals surface area contributed by atoms with Crippen LogP contribution in [-0.2, 0) is 6.42 Å². The molecule has 0 amide bonds. The first-order valence-corrected chi connectivity index (χ1v) is 7.46. The van der Waals surface area contributed by atoms with E-state index in [1.54, 1.807) is 0 Å². The molecule has 2 aliphatic rings. The summed E-state index contributed by atoms with van der Waals surface area (Å²) in [4.78, 5) is 2.53. The summed E-state index contributed by atoms with van der Waals surface area (Å²) in [5.74, 6) is 1.08. The van der Waals surface area contributed by atoms with Crippen LogP contribution in [0.4, 0.5) is 0 Å². The summed E-state index contributed by atoms with van der Waals surface area (Å²) in [7, 11) is 0. The zero-order valence-corrected chi connectivity index (χ0v) is 11.8. The normalized spacial score (nSPS) is 22.2. The van der Waals surface area contributed by atoms with Gasteiger partial charge >= 0.3 is 0 Å². The Bertz CT molecular complexity index is 442. The number of nitrogens with zero attached hydrogens (tertiary/aromatic N) is 1. The van der Waals surface area contributed by atoms with Gasteiger partial charge in [0, 0.05) is 32.1 Å². The molecule has 3 heteroatoms. The summed E-state index contributed by atoms with van der Waals surface area (Å²) in [6.45, 7) is 4.91. The van der Waals surface area contributed by atoms with Gasteiger partial charge in [0.25, 0.3) is 0 Å². The zero-order valence-electron chi connectivity index (χ0n) is 11.8. The molecule has 0 aromatic heterocycles. The molecule has 3 rings (SSSR count). The van der Waals surface area contributed by atoms with Crippen molar-refractivity contribution in [3.63, 3.8) is 0 Å². The molecule has 1 unspecified atom stereocenters. The highest BCUT2D eigenvalue weighted by atomic mass is 16.5. The lowest BCUT2D eigenvalue weighted by atomic mass is 9.91. The summed E-state index contributed by atoms with van der Waals surface area (Å²) in [6, 6.07) is 7.25. The number of aryl methyl sites for hydroxylation is 1. The van der Waals surface area contributed by atoms with E-state index in [0.717, 1.165) is 37.8 Å². The third-order valence-electron chi connectivity index (χ3n) is 4.40. The maximum absolute atomic E-state index is 6.08. The van der Waals surface area contributed by atoms with Crippen molar-refractivity contribution in [2.45, 2.75) is 44.8 Å². The van der Waals surface area contributed by atoms with Gasteiger partial charge in [-0.3, -0.25) is 4.90 Å². The number of benzene rings is 1. The van der Waals surface area contributed by atoms with Crippen LogP contribution in [0.25, 0.3) is 0 Å². The van der Waals surface area contributed by atoms with E-state index in [0.29, 0.717) is 6.10 Å². The third-order valence-corrected chi connectivity index (χ3v) is 4.40. The first-order valence-electron chi connectivity index (χ1n) is 7.46. The SMILES string of the molecule is Cc1ccc2c(c1)CC(CN(CCN)C1CCC1)O2. The van der Waals surface area contributed by atoms with Crippen molar-refractivity contribution < 1.29 is 4.74 Å². The first kappa shape index (κ1) is 12.9. The van der Waals surface area contributed by atoms with E-state index < -0.39 is 0 Å². The fraction of sp³-hybridized carbons (Fsp3) is 0.625. The van der Waals surface area contributed by atoms with E-state index >= 15 is 0 Å². The van der Waals surface area contributed by atoms with Crippen LogP contribution in [-0.4, -0.2) is 36.7 Å². The second kappa shape index (κ2) is 5.51. The molecular weight excluding hydrogens is 236 g/mol. The molecule has 19 heavy (non-hydrogen) atoms. The van der Waals surface area contributed by atoms with Crippen molar-refractivity contribution in [3.05, 3.63) is 29.3 Å². The highest BCUT2D eigenvalue weighted by Crippen LogP contribution is 2.31. The van der Waals surface area contributed by atoms with E-state index in [9.17, 15) is 0 Å². The van der Waals surface area contributed by atoms with Crippen LogP contribution in [0.1, 0.15) is 30.4 Å². The van der Waals surface area contributed by atoms with Crippen LogP contribution in [0, 0.1) is 6.92 Å². The smallest absolute Gasteiger partial charge is 0.123 e. The van der Waals surface area contributed by atoms with E-state index in [2.05, 4.69) is 30.0 Å². The van der Waals surface area contributed by atoms with Gasteiger partial charge < -0.3 is 10.5 Å². The number of hydrogen-bond acceptors (Lipinski definition) is 3. The van der Waals surface area contributed by atoms with E-state index in [-0.39, 0.29) is 0 Å². The fourth-order valence-electron chi connectivity index (χ4n) is 3.15. The molecule has 1 aliphatic heterocycles. The Morgan fingerprint density at radius 1 is 1.37 bits per heavy atom. The van der Waals surface area contributed by atoms with Crippen molar-refractivity contribution in [2.24, 2.45) is 5.73 Å². The Kier molecular flexibility index (Phi) is 3.76. The van der Waals surface area contributed by atoms with Crippen molar-refractivity contribution in [2.75, 3.05) is 19.6 Å². The number of hydrogen-bond donors (Lipinski definition) is 1. The predicted molar refractivity (Wildman–Crippen MR) is 77.6 cm³/mol. The second-order valence-electron chi connectivity index (χ2n) is 5.92. The Morgan fingerprint density at radius 2 is 2.21 bits per heavy atom. The topological polar surface area (TPSA) is 38.5 Å². The molecule has 1 aromatic carbocycles. The van der Waals surface area contributed by atoms with Gasteiger partial charge in [0.2, 0.25) is 0 Å². The standard InChI is InChI=1S/C16H24N2O/c1-12-5-6-16-13(9-12)10-15(19-16)11-18(8-7-17)14-3-2-4-14/h5-6,9,14-15H,2-4,7-8,10-11,17H2,1H3. The molecular formula is C16H24N2O. The monoisotopic (exact) mass is 260 g/mol. The van der Waals surface area contributed by atoms with Gasteiger partial charge in [-0.25, -0.2) is 0 Å². The summed E-state index contributed by atoms with van der Waals surface area (Å²) in [5, 5.41) is 0. The number of rotatable bonds is 5. The van der Waals surface area contributed by atoms with E-state index in [1.165, 1.54) is 30.4 Å². The second-order valence-corrected chi connectivity index (χ2v) is 5.92. The van der Waals surface area contributed by atoms with Gasteiger partial charge in [-0.05, 0) is 31.4 Å². The molecule has 3 nitrogen and oxygen atoms in total. The average molecular weight is 260 g/mol. The highest BCUT2D eigenvalue weighted by molar-refractivity contribution is 5.40. The van der Waals surface area contributed by atoms with Gasteiger partial charge in [-0.1, -0.05) is 24.1 Å². The molecule has 2 N–H and O–H groups in total. The minimum Gasteiger partial charge on any atom is -0.488 e. The quantitative estimate of drug-likeness (QED) is 0.881. The minimum absolute atomic E-state index is 0.309. The minimum atomic E-state index is 0.309. The Morgan fingerprint density at radius 3 is 2.89 bits per heavy atom. The van der Waals surface area contributed by atoms with Crippen LogP contribution in [0.3, 0.4) is 0 Å². The van der Waals surface area contributed by atoms with Crippen LogP contribution in [0.15, 0.2) is 18.2 Å². The summed E-state index contributed by atoms with van der Waals surface area (Å²) < 4.78 is 6.08. The van der Waals surface area contributed by atoms with Crippen molar-refractivity contribution in [1.82, 2.24) is 4.90 Å². The van der Waals surface area contributed by atoms with Crippen LogP contribution < -0.4 is 10.5 Å². The van der Waals surface area contributed by atoms with Crippen LogP contribution >= 0.6 is 0 Å². The lowest BCUT2D eigenvalue weighted by Gasteiger charge is -2.38. The molecule has 0 saturated heterocycles. The Hall–Kier alpha value is -1.06. The molecule has 1 heterocycles. The molecule has 0 spiro atoms. The first-order chi connectivity index (χ1) is 9.26. The molecule has 1 saturated carbocycles. The van der Waals surface area contributed by atoms with Gasteiger partial charge in [-0.2, -0.15) is 0 Å². The fourth-order valence-corrected chi connectivity index (χ4v) is 3.15. The number of nitrogens with two attached hydrogens (primary N) is 1. The highest BCUT2D eigenvalue weighted by Gasteiger charge is 2.30. The largest absolute Gasteiger partial charge is 0.488 e. The van der Waals surface area contributed by atoms with Gasteiger partial charge in [-0.15, -0.1) is 0 Å². The lowest BCUT2D eigenvalue weighted by molar-refractivity contribution is 0.0812. The number of fused-ring (bicyclic) bond motifs is 1. The lowest BCUT2D eigenvalue weighted by Crippen LogP contribution is -2.47. The van der Waals surface area contributed by atoms with E-state index in [1.807, 2.05) is 0 Å². The van der Waals surface area contributed by atoms with Crippen LogP contribution in [0.5, 0.6) is 5.75 Å². The van der Waals surface area contributed by atoms with Gasteiger partial charge in [0.1, 0.15) is 11.9 Å². The number of ether oxygens (including phenoxy) is 1. The van der Waals surface area contributed by atoms with Gasteiger partial charge in [0.05, 0.1) is 0 Å². The molecule has 0 bridgehead atoms. The predicted octanol–water partition coefficient (Wildman–Crippen LogP) is 2.11. The molecule has 1 atom stereocenters. The van der Waals surface area contributed by atoms with Crippen molar-refractivity contribution >= 4 is 0 Å². The van der Waals surface area contributed by atoms with Crippen LogP contribution in [0.2, 0.25) is 0 Å². The summed E-state index contributed by atoms with van der Waals surface area (Å²) >= 11 is 0.